The van der Waals surface area contributed by atoms with Crippen LogP contribution in [-0.4, -0.2) is 22.3 Å². The van der Waals surface area contributed by atoms with Crippen LogP contribution in [0.1, 0.15) is 18.4 Å². The van der Waals surface area contributed by atoms with E-state index in [0.717, 1.165) is 10.0 Å². The quantitative estimate of drug-likeness (QED) is 0.531. The Balaban J connectivity index is 1.34. The van der Waals surface area contributed by atoms with Gasteiger partial charge in [-0.25, -0.2) is 0 Å². The largest absolute Gasteiger partial charge is 0.454 e. The summed E-state index contributed by atoms with van der Waals surface area (Å²) in [6, 6.07) is 11.0. The van der Waals surface area contributed by atoms with Gasteiger partial charge in [0.1, 0.15) is 0 Å². The summed E-state index contributed by atoms with van der Waals surface area (Å²) in [5, 5.41) is 3.44. The number of aromatic amines is 1. The van der Waals surface area contributed by atoms with Crippen LogP contribution in [0.2, 0.25) is 0 Å². The van der Waals surface area contributed by atoms with Gasteiger partial charge in [0, 0.05) is 24.0 Å². The lowest BCUT2D eigenvalue weighted by atomic mass is 10.2. The van der Waals surface area contributed by atoms with E-state index in [1.165, 1.54) is 4.57 Å². The third kappa shape index (κ3) is 4.35. The van der Waals surface area contributed by atoms with Crippen molar-refractivity contribution < 1.29 is 14.3 Å². The van der Waals surface area contributed by atoms with Gasteiger partial charge in [0.2, 0.25) is 12.7 Å². The topological polar surface area (TPSA) is 85.4 Å². The molecule has 9 heteroatoms. The Morgan fingerprint density at radius 1 is 1.21 bits per heavy atom. The number of hydrogen-bond donors (Lipinski definition) is 2. The number of rotatable bonds is 6. The highest BCUT2D eigenvalue weighted by atomic mass is 79.9. The maximum absolute atomic E-state index is 12.7. The van der Waals surface area contributed by atoms with Crippen LogP contribution in [0.25, 0.3) is 10.9 Å². The first-order chi connectivity index (χ1) is 14.0. The second-order valence-corrected chi connectivity index (χ2v) is 7.95. The van der Waals surface area contributed by atoms with Crippen LogP contribution in [-0.2, 0) is 17.9 Å². The van der Waals surface area contributed by atoms with Crippen molar-refractivity contribution in [2.45, 2.75) is 25.9 Å². The van der Waals surface area contributed by atoms with Gasteiger partial charge in [-0.3, -0.25) is 14.2 Å². The predicted molar refractivity (Wildman–Crippen MR) is 115 cm³/mol. The van der Waals surface area contributed by atoms with Crippen molar-refractivity contribution >= 4 is 45.0 Å². The Morgan fingerprint density at radius 2 is 2.03 bits per heavy atom. The summed E-state index contributed by atoms with van der Waals surface area (Å²) >= 11 is 8.68. The summed E-state index contributed by atoms with van der Waals surface area (Å²) in [4.78, 5) is 28.0. The van der Waals surface area contributed by atoms with Crippen molar-refractivity contribution in [3.8, 4) is 11.5 Å². The molecule has 0 saturated heterocycles. The number of nitrogens with zero attached hydrogens (tertiary/aromatic N) is 1. The zero-order valence-corrected chi connectivity index (χ0v) is 17.8. The Labute approximate surface area is 179 Å². The first-order valence-electron chi connectivity index (χ1n) is 9.09. The van der Waals surface area contributed by atoms with E-state index < -0.39 is 0 Å². The van der Waals surface area contributed by atoms with Crippen LogP contribution < -0.4 is 20.3 Å². The molecule has 1 aliphatic rings. The normalized spacial score (nSPS) is 12.3. The zero-order valence-electron chi connectivity index (χ0n) is 15.4. The average molecular weight is 476 g/mol. The van der Waals surface area contributed by atoms with Gasteiger partial charge in [-0.1, -0.05) is 22.0 Å². The highest BCUT2D eigenvalue weighted by molar-refractivity contribution is 9.10. The second-order valence-electron chi connectivity index (χ2n) is 6.64. The number of benzene rings is 2. The molecule has 150 valence electrons. The van der Waals surface area contributed by atoms with Crippen LogP contribution in [0.4, 0.5) is 0 Å². The highest BCUT2D eigenvalue weighted by Gasteiger charge is 2.13. The molecule has 0 aliphatic carbocycles. The molecule has 1 amide bonds. The average Bonchev–Trinajstić information content (AvgIpc) is 3.17. The Bertz CT molecular complexity index is 1200. The zero-order chi connectivity index (χ0) is 20.4. The molecule has 1 aliphatic heterocycles. The minimum absolute atomic E-state index is 0.0888. The smallest absolute Gasteiger partial charge is 0.262 e. The second kappa shape index (κ2) is 8.38. The molecule has 2 N–H and O–H groups in total. The number of carbonyl (C=O) groups excluding carboxylic acids is 1. The first kappa shape index (κ1) is 19.7. The lowest BCUT2D eigenvalue weighted by Gasteiger charge is -2.09. The van der Waals surface area contributed by atoms with E-state index in [9.17, 15) is 9.59 Å². The summed E-state index contributed by atoms with van der Waals surface area (Å²) in [5.41, 5.74) is 1.47. The fraction of sp³-hybridized carbons (Fsp3) is 0.250. The van der Waals surface area contributed by atoms with Crippen molar-refractivity contribution in [2.75, 3.05) is 6.79 Å². The number of nitrogens with one attached hydrogen (secondary N) is 2. The fourth-order valence-electron chi connectivity index (χ4n) is 3.16. The van der Waals surface area contributed by atoms with Gasteiger partial charge in [0.15, 0.2) is 16.3 Å². The monoisotopic (exact) mass is 475 g/mol. The predicted octanol–water partition coefficient (Wildman–Crippen LogP) is 3.65. The van der Waals surface area contributed by atoms with Crippen LogP contribution in [0, 0.1) is 4.77 Å². The molecule has 0 fully saturated rings. The Hall–Kier alpha value is -2.65. The maximum atomic E-state index is 12.7. The summed E-state index contributed by atoms with van der Waals surface area (Å²) in [6.45, 7) is 0.992. The summed E-state index contributed by atoms with van der Waals surface area (Å²) in [5.74, 6) is 1.31. The maximum Gasteiger partial charge on any atom is 0.262 e. The number of aromatic nitrogens is 2. The van der Waals surface area contributed by atoms with Gasteiger partial charge >= 0.3 is 0 Å². The van der Waals surface area contributed by atoms with Gasteiger partial charge in [-0.05, 0) is 54.5 Å². The molecular formula is C20H18BrN3O4S. The van der Waals surface area contributed by atoms with E-state index in [4.69, 9.17) is 21.7 Å². The third-order valence-corrected chi connectivity index (χ3v) is 5.47. The molecule has 0 saturated carbocycles. The molecular weight excluding hydrogens is 458 g/mol. The number of H-pyrrole nitrogens is 1. The standard InChI is InChI=1S/C20H18BrN3O4S/c21-13-4-5-15-14(9-13)19(26)24(20(29)23-15)7-1-2-18(25)22-10-12-3-6-16-17(8-12)28-11-27-16/h3-6,8-9H,1-2,7,10-11H2,(H,22,25)(H,23,29). The van der Waals surface area contributed by atoms with E-state index in [2.05, 4.69) is 26.2 Å². The summed E-state index contributed by atoms with van der Waals surface area (Å²) < 4.78 is 13.3. The number of halogens is 1. The van der Waals surface area contributed by atoms with Gasteiger partial charge in [0.05, 0.1) is 10.9 Å². The van der Waals surface area contributed by atoms with Crippen LogP contribution >= 0.6 is 28.1 Å². The molecule has 0 unspecified atom stereocenters. The molecule has 4 rings (SSSR count). The minimum atomic E-state index is -0.161. The molecule has 2 heterocycles. The fourth-order valence-corrected chi connectivity index (χ4v) is 3.81. The van der Waals surface area contributed by atoms with Gasteiger partial charge in [0.25, 0.3) is 5.56 Å². The summed E-state index contributed by atoms with van der Waals surface area (Å²) in [7, 11) is 0. The third-order valence-electron chi connectivity index (χ3n) is 4.66. The molecule has 29 heavy (non-hydrogen) atoms. The number of fused-ring (bicyclic) bond motifs is 2. The Morgan fingerprint density at radius 3 is 2.90 bits per heavy atom. The van der Waals surface area contributed by atoms with Crippen LogP contribution in [0.3, 0.4) is 0 Å². The van der Waals surface area contributed by atoms with E-state index >= 15 is 0 Å². The van der Waals surface area contributed by atoms with Crippen molar-refractivity contribution in [1.82, 2.24) is 14.9 Å². The van der Waals surface area contributed by atoms with Crippen molar-refractivity contribution in [3.63, 3.8) is 0 Å². The van der Waals surface area contributed by atoms with Crippen molar-refractivity contribution in [1.29, 1.82) is 0 Å². The van der Waals surface area contributed by atoms with Crippen LogP contribution in [0.15, 0.2) is 45.7 Å². The lowest BCUT2D eigenvalue weighted by molar-refractivity contribution is -0.121. The van der Waals surface area contributed by atoms with Gasteiger partial charge in [-0.2, -0.15) is 0 Å². The molecule has 1 aromatic heterocycles. The van der Waals surface area contributed by atoms with E-state index in [-0.39, 0.29) is 18.3 Å². The molecule has 7 nitrogen and oxygen atoms in total. The molecule has 2 aromatic carbocycles. The number of hydrogen-bond acceptors (Lipinski definition) is 5. The van der Waals surface area contributed by atoms with E-state index in [1.54, 1.807) is 6.07 Å². The van der Waals surface area contributed by atoms with Crippen LogP contribution in [0.5, 0.6) is 11.5 Å². The molecule has 0 bridgehead atoms. The molecule has 0 spiro atoms. The van der Waals surface area contributed by atoms with Gasteiger partial charge < -0.3 is 19.8 Å². The molecule has 0 radical (unpaired) electrons. The molecule has 0 atom stereocenters. The first-order valence-corrected chi connectivity index (χ1v) is 10.3. The lowest BCUT2D eigenvalue weighted by Crippen LogP contribution is -2.25. The SMILES string of the molecule is O=C(CCCn1c(=S)[nH]c2ccc(Br)cc2c1=O)NCc1ccc2c(c1)OCO2. The van der Waals surface area contributed by atoms with Crippen molar-refractivity contribution in [2.24, 2.45) is 0 Å². The van der Waals surface area contributed by atoms with Gasteiger partial charge in [-0.15, -0.1) is 0 Å². The Kier molecular flexibility index (Phi) is 5.68. The number of carbonyl (C=O) groups is 1. The van der Waals surface area contributed by atoms with E-state index in [1.807, 2.05) is 30.3 Å². The van der Waals surface area contributed by atoms with Crippen molar-refractivity contribution in [3.05, 3.63) is 61.6 Å². The summed E-state index contributed by atoms with van der Waals surface area (Å²) in [6.07, 6.45) is 0.798. The number of ether oxygens (including phenoxy) is 2. The highest BCUT2D eigenvalue weighted by Crippen LogP contribution is 2.32. The number of amides is 1. The molecule has 3 aromatic rings. The van der Waals surface area contributed by atoms with E-state index in [0.29, 0.717) is 53.1 Å². The minimum Gasteiger partial charge on any atom is -0.454 e.